The van der Waals surface area contributed by atoms with E-state index in [9.17, 15) is 4.79 Å². The second-order valence-electron chi connectivity index (χ2n) is 5.22. The summed E-state index contributed by atoms with van der Waals surface area (Å²) < 4.78 is 15.7. The van der Waals surface area contributed by atoms with Crippen molar-refractivity contribution in [2.75, 3.05) is 32.8 Å². The Hall–Kier alpha value is -1.66. The molecule has 1 rings (SSSR count). The summed E-state index contributed by atoms with van der Waals surface area (Å²) in [7, 11) is 3.17. The van der Waals surface area contributed by atoms with Crippen LogP contribution in [0.1, 0.15) is 33.1 Å². The lowest BCUT2D eigenvalue weighted by molar-refractivity contribution is -0.136. The summed E-state index contributed by atoms with van der Waals surface area (Å²) in [5.74, 6) is 0.328. The fourth-order valence-corrected chi connectivity index (χ4v) is 1.85. The number of ether oxygens (including phenoxy) is 3. The first-order valence-corrected chi connectivity index (χ1v) is 7.50. The number of hydrogen-bond acceptors (Lipinski definition) is 5. The topological polar surface area (TPSA) is 69.7 Å². The normalized spacial score (nSPS) is 13.5. The number of nitrogens with zero attached hydrogens (tertiary/aromatic N) is 1. The van der Waals surface area contributed by atoms with E-state index >= 15 is 0 Å². The van der Waals surface area contributed by atoms with Gasteiger partial charge in [0.25, 0.3) is 5.91 Å². The van der Waals surface area contributed by atoms with Gasteiger partial charge in [-0.3, -0.25) is 4.79 Å². The molecule has 0 spiro atoms. The molecule has 1 N–H and O–H groups in total. The Morgan fingerprint density at radius 3 is 2.64 bits per heavy atom. The van der Waals surface area contributed by atoms with Crippen LogP contribution in [-0.2, 0) is 14.3 Å². The van der Waals surface area contributed by atoms with Gasteiger partial charge in [0.1, 0.15) is 12.2 Å². The summed E-state index contributed by atoms with van der Waals surface area (Å²) in [4.78, 5) is 16.5. The van der Waals surface area contributed by atoms with Crippen LogP contribution in [-0.4, -0.2) is 43.9 Å². The molecular weight excluding hydrogens is 284 g/mol. The molecule has 0 aliphatic heterocycles. The molecule has 1 atom stereocenters. The Labute approximate surface area is 132 Å². The molecule has 0 aromatic carbocycles. The number of nitrogens with one attached hydrogen (secondary N) is 1. The maximum atomic E-state index is 12.4. The van der Waals surface area contributed by atoms with Crippen molar-refractivity contribution < 1.29 is 19.0 Å². The minimum atomic E-state index is -0.830. The standard InChI is InChI=1S/C16H26N2O4/c1-5-6-9-16(2,21-4)15(19)18-13-7-8-14(17-12-13)22-11-10-20-3/h7-8,12H,5-6,9-11H2,1-4H3,(H,18,19)/t16-/m1/s1. The third-order valence-corrected chi connectivity index (χ3v) is 3.47. The third kappa shape index (κ3) is 5.61. The summed E-state index contributed by atoms with van der Waals surface area (Å²) in [6, 6.07) is 3.46. The van der Waals surface area contributed by atoms with Gasteiger partial charge in [-0.05, 0) is 19.4 Å². The quantitative estimate of drug-likeness (QED) is 0.673. The number of carbonyl (C=O) groups excluding carboxylic acids is 1. The SMILES string of the molecule is CCCC[C@@](C)(OC)C(=O)Nc1ccc(OCCOC)nc1. The fraction of sp³-hybridized carbons (Fsp3) is 0.625. The minimum absolute atomic E-state index is 0.168. The summed E-state index contributed by atoms with van der Waals surface area (Å²) in [6.45, 7) is 4.83. The minimum Gasteiger partial charge on any atom is -0.475 e. The zero-order valence-corrected chi connectivity index (χ0v) is 13.8. The Kier molecular flexibility index (Phi) is 7.84. The van der Waals surface area contributed by atoms with Crippen molar-refractivity contribution in [3.05, 3.63) is 18.3 Å². The van der Waals surface area contributed by atoms with Crippen molar-refractivity contribution in [2.45, 2.75) is 38.7 Å². The lowest BCUT2D eigenvalue weighted by Crippen LogP contribution is -2.41. The molecule has 124 valence electrons. The predicted molar refractivity (Wildman–Crippen MR) is 85.2 cm³/mol. The van der Waals surface area contributed by atoms with Gasteiger partial charge < -0.3 is 19.5 Å². The molecule has 0 saturated carbocycles. The van der Waals surface area contributed by atoms with Crippen LogP contribution in [0.3, 0.4) is 0 Å². The number of carbonyl (C=O) groups is 1. The molecule has 1 aromatic heterocycles. The number of anilines is 1. The van der Waals surface area contributed by atoms with Gasteiger partial charge in [-0.25, -0.2) is 4.98 Å². The lowest BCUT2D eigenvalue weighted by Gasteiger charge is -2.26. The van der Waals surface area contributed by atoms with Gasteiger partial charge in [0.2, 0.25) is 5.88 Å². The summed E-state index contributed by atoms with van der Waals surface area (Å²) in [6.07, 6.45) is 4.19. The van der Waals surface area contributed by atoms with Crippen LogP contribution in [0.4, 0.5) is 5.69 Å². The first kappa shape index (κ1) is 18.4. The van der Waals surface area contributed by atoms with Gasteiger partial charge in [0.15, 0.2) is 0 Å². The second kappa shape index (κ2) is 9.38. The zero-order valence-electron chi connectivity index (χ0n) is 13.8. The number of methoxy groups -OCH3 is 2. The van der Waals surface area contributed by atoms with E-state index in [2.05, 4.69) is 17.2 Å². The van der Waals surface area contributed by atoms with Crippen LogP contribution >= 0.6 is 0 Å². The number of unbranched alkanes of at least 4 members (excludes halogenated alkanes) is 1. The predicted octanol–water partition coefficient (Wildman–Crippen LogP) is 2.64. The number of rotatable bonds is 10. The molecule has 1 heterocycles. The Morgan fingerprint density at radius 1 is 1.32 bits per heavy atom. The van der Waals surface area contributed by atoms with Gasteiger partial charge in [-0.15, -0.1) is 0 Å². The highest BCUT2D eigenvalue weighted by atomic mass is 16.5. The third-order valence-electron chi connectivity index (χ3n) is 3.47. The van der Waals surface area contributed by atoms with E-state index in [1.54, 1.807) is 39.5 Å². The summed E-state index contributed by atoms with van der Waals surface area (Å²) in [5.41, 5.74) is -0.215. The van der Waals surface area contributed by atoms with E-state index < -0.39 is 5.60 Å². The van der Waals surface area contributed by atoms with Crippen molar-refractivity contribution in [2.24, 2.45) is 0 Å². The molecule has 0 aliphatic rings. The van der Waals surface area contributed by atoms with E-state index in [1.807, 2.05) is 0 Å². The maximum absolute atomic E-state index is 12.4. The molecule has 1 amide bonds. The summed E-state index contributed by atoms with van der Waals surface area (Å²) in [5, 5.41) is 2.83. The Bertz CT molecular complexity index is 450. The van der Waals surface area contributed by atoms with Crippen LogP contribution in [0, 0.1) is 0 Å². The maximum Gasteiger partial charge on any atom is 0.256 e. The van der Waals surface area contributed by atoms with Crippen molar-refractivity contribution in [1.29, 1.82) is 0 Å². The monoisotopic (exact) mass is 310 g/mol. The van der Waals surface area contributed by atoms with Crippen LogP contribution in [0.25, 0.3) is 0 Å². The lowest BCUT2D eigenvalue weighted by atomic mass is 9.97. The van der Waals surface area contributed by atoms with E-state index in [4.69, 9.17) is 14.2 Å². The molecule has 6 heteroatoms. The van der Waals surface area contributed by atoms with Gasteiger partial charge in [0.05, 0.1) is 18.5 Å². The van der Waals surface area contributed by atoms with Crippen molar-refractivity contribution >= 4 is 11.6 Å². The molecule has 1 aromatic rings. The van der Waals surface area contributed by atoms with Crippen LogP contribution in [0.2, 0.25) is 0 Å². The van der Waals surface area contributed by atoms with E-state index in [0.717, 1.165) is 12.8 Å². The zero-order chi connectivity index (χ0) is 16.4. The van der Waals surface area contributed by atoms with E-state index in [0.29, 0.717) is 31.2 Å². The van der Waals surface area contributed by atoms with Crippen LogP contribution < -0.4 is 10.1 Å². The van der Waals surface area contributed by atoms with E-state index in [1.165, 1.54) is 0 Å². The van der Waals surface area contributed by atoms with Gasteiger partial charge in [-0.2, -0.15) is 0 Å². The highest BCUT2D eigenvalue weighted by Gasteiger charge is 2.32. The highest BCUT2D eigenvalue weighted by Crippen LogP contribution is 2.21. The Balaban J connectivity index is 2.59. The van der Waals surface area contributed by atoms with Crippen molar-refractivity contribution in [3.63, 3.8) is 0 Å². The fourth-order valence-electron chi connectivity index (χ4n) is 1.85. The molecule has 0 unspecified atom stereocenters. The van der Waals surface area contributed by atoms with Crippen molar-refractivity contribution in [3.8, 4) is 5.88 Å². The number of amides is 1. The average Bonchev–Trinajstić information content (AvgIpc) is 2.54. The molecule has 0 bridgehead atoms. The highest BCUT2D eigenvalue weighted by molar-refractivity contribution is 5.96. The molecule has 0 radical (unpaired) electrons. The summed E-state index contributed by atoms with van der Waals surface area (Å²) >= 11 is 0. The largest absolute Gasteiger partial charge is 0.475 e. The molecule has 6 nitrogen and oxygen atoms in total. The number of aromatic nitrogens is 1. The Morgan fingerprint density at radius 2 is 2.09 bits per heavy atom. The molecule has 22 heavy (non-hydrogen) atoms. The average molecular weight is 310 g/mol. The van der Waals surface area contributed by atoms with Crippen LogP contribution in [0.5, 0.6) is 5.88 Å². The number of pyridine rings is 1. The molecule has 0 aliphatic carbocycles. The van der Waals surface area contributed by atoms with Crippen LogP contribution in [0.15, 0.2) is 18.3 Å². The van der Waals surface area contributed by atoms with Gasteiger partial charge in [0, 0.05) is 20.3 Å². The van der Waals surface area contributed by atoms with Crippen molar-refractivity contribution in [1.82, 2.24) is 4.98 Å². The first-order valence-electron chi connectivity index (χ1n) is 7.50. The van der Waals surface area contributed by atoms with Gasteiger partial charge >= 0.3 is 0 Å². The smallest absolute Gasteiger partial charge is 0.256 e. The second-order valence-corrected chi connectivity index (χ2v) is 5.22. The number of hydrogen-bond donors (Lipinski definition) is 1. The van der Waals surface area contributed by atoms with E-state index in [-0.39, 0.29) is 5.91 Å². The molecule has 0 saturated heterocycles. The van der Waals surface area contributed by atoms with Gasteiger partial charge in [-0.1, -0.05) is 19.8 Å². The molecule has 0 fully saturated rings. The first-order chi connectivity index (χ1) is 10.6. The molecular formula is C16H26N2O4.